The molecule has 166 valence electrons. The molecule has 0 aliphatic carbocycles. The summed E-state index contributed by atoms with van der Waals surface area (Å²) < 4.78 is 70.2. The van der Waals surface area contributed by atoms with E-state index in [1.165, 1.54) is 16.4 Å². The number of hydrogen-bond donors (Lipinski definition) is 3. The van der Waals surface area contributed by atoms with Gasteiger partial charge in [0.15, 0.2) is 0 Å². The molecule has 0 radical (unpaired) electrons. The molecule has 4 N–H and O–H groups in total. The third-order valence-electron chi connectivity index (χ3n) is 4.49. The fraction of sp³-hybridized carbons (Fsp3) is 0.400. The van der Waals surface area contributed by atoms with Crippen LogP contribution >= 0.6 is 34.9 Å². The van der Waals surface area contributed by atoms with Crippen molar-refractivity contribution in [1.29, 1.82) is 0 Å². The smallest absolute Gasteiger partial charge is 0.400 e. The summed E-state index contributed by atoms with van der Waals surface area (Å²) in [4.78, 5) is 28.9. The summed E-state index contributed by atoms with van der Waals surface area (Å²) in [6.07, 6.45) is 0.763. The van der Waals surface area contributed by atoms with Gasteiger partial charge in [0.05, 0.1) is 17.5 Å². The SMILES string of the molecule is CS(=O)(=O)N1CCC(Oc2cc(C(N)=O)cc3c(Br)c(C(F)(F)P(=O)(O)O)sc23)C1. The molecule has 1 aromatic carbocycles. The van der Waals surface area contributed by atoms with Crippen LogP contribution in [0.1, 0.15) is 21.7 Å². The van der Waals surface area contributed by atoms with Crippen LogP contribution in [-0.2, 0) is 20.3 Å². The lowest BCUT2D eigenvalue weighted by Gasteiger charge is -2.16. The van der Waals surface area contributed by atoms with Crippen LogP contribution in [0.4, 0.5) is 8.78 Å². The topological polar surface area (TPSA) is 147 Å². The van der Waals surface area contributed by atoms with Crippen LogP contribution in [0.25, 0.3) is 10.1 Å². The van der Waals surface area contributed by atoms with Crippen molar-refractivity contribution < 1.29 is 41.1 Å². The minimum absolute atomic E-state index is 0.0138. The van der Waals surface area contributed by atoms with E-state index >= 15 is 0 Å². The zero-order valence-corrected chi connectivity index (χ0v) is 19.3. The van der Waals surface area contributed by atoms with Gasteiger partial charge in [-0.2, -0.15) is 13.1 Å². The first-order chi connectivity index (χ1) is 13.6. The number of carbonyl (C=O) groups excluding carboxylic acids is 1. The van der Waals surface area contributed by atoms with Crippen LogP contribution in [0.2, 0.25) is 0 Å². The Morgan fingerprint density at radius 2 is 2.07 bits per heavy atom. The van der Waals surface area contributed by atoms with Gasteiger partial charge in [0.25, 0.3) is 0 Å². The van der Waals surface area contributed by atoms with Crippen molar-refractivity contribution in [3.63, 3.8) is 0 Å². The Bertz CT molecular complexity index is 1180. The number of alkyl halides is 2. The number of nitrogens with two attached hydrogens (primary N) is 1. The normalized spacial score (nSPS) is 18.8. The highest BCUT2D eigenvalue weighted by atomic mass is 79.9. The number of rotatable bonds is 6. The molecule has 30 heavy (non-hydrogen) atoms. The molecule has 1 aromatic heterocycles. The largest absolute Gasteiger partial charge is 0.487 e. The Hall–Kier alpha value is -1.15. The van der Waals surface area contributed by atoms with E-state index in [0.29, 0.717) is 17.8 Å². The van der Waals surface area contributed by atoms with Crippen LogP contribution in [0.15, 0.2) is 16.6 Å². The van der Waals surface area contributed by atoms with E-state index < -0.39 is 40.2 Å². The van der Waals surface area contributed by atoms with Crippen molar-refractivity contribution in [1.82, 2.24) is 4.31 Å². The lowest BCUT2D eigenvalue weighted by Crippen LogP contribution is -2.30. The highest BCUT2D eigenvalue weighted by molar-refractivity contribution is 9.10. The molecule has 1 fully saturated rings. The minimum atomic E-state index is -5.83. The number of sulfonamides is 1. The summed E-state index contributed by atoms with van der Waals surface area (Å²) in [5.41, 5.74) is 0.765. The Morgan fingerprint density at radius 3 is 2.57 bits per heavy atom. The van der Waals surface area contributed by atoms with Crippen LogP contribution < -0.4 is 10.5 Å². The molecule has 1 amide bonds. The highest BCUT2D eigenvalue weighted by Gasteiger charge is 2.53. The number of nitrogens with zero attached hydrogens (tertiary/aromatic N) is 1. The quantitative estimate of drug-likeness (QED) is 0.469. The van der Waals surface area contributed by atoms with Gasteiger partial charge in [-0.3, -0.25) is 9.36 Å². The van der Waals surface area contributed by atoms with E-state index in [1.54, 1.807) is 0 Å². The lowest BCUT2D eigenvalue weighted by atomic mass is 10.1. The van der Waals surface area contributed by atoms with Gasteiger partial charge >= 0.3 is 13.3 Å². The monoisotopic (exact) mass is 548 g/mol. The van der Waals surface area contributed by atoms with Crippen molar-refractivity contribution in [2.75, 3.05) is 19.3 Å². The summed E-state index contributed by atoms with van der Waals surface area (Å²) in [6, 6.07) is 2.44. The van der Waals surface area contributed by atoms with Gasteiger partial charge in [-0.15, -0.1) is 11.3 Å². The number of amides is 1. The number of ether oxygens (including phenoxy) is 1. The fourth-order valence-corrected chi connectivity index (χ4v) is 6.81. The predicted octanol–water partition coefficient (Wildman–Crippen LogP) is 2.40. The molecule has 0 spiro atoms. The molecule has 0 bridgehead atoms. The number of fused-ring (bicyclic) bond motifs is 1. The molecule has 9 nitrogen and oxygen atoms in total. The van der Waals surface area contributed by atoms with E-state index in [1.807, 2.05) is 0 Å². The number of hydrogen-bond acceptors (Lipinski definition) is 6. The third kappa shape index (κ3) is 4.27. The molecule has 1 saturated heterocycles. The molecule has 1 aliphatic rings. The first kappa shape index (κ1) is 23.5. The molecule has 1 atom stereocenters. The third-order valence-corrected chi connectivity index (χ3v) is 9.24. The van der Waals surface area contributed by atoms with E-state index in [2.05, 4.69) is 15.9 Å². The Kier molecular flexibility index (Phi) is 6.09. The summed E-state index contributed by atoms with van der Waals surface area (Å²) in [5, 5.41) is 0.0624. The molecule has 1 aliphatic heterocycles. The van der Waals surface area contributed by atoms with Gasteiger partial charge < -0.3 is 20.3 Å². The zero-order valence-electron chi connectivity index (χ0n) is 15.2. The van der Waals surface area contributed by atoms with E-state index in [0.717, 1.165) is 6.26 Å². The maximum atomic E-state index is 14.4. The number of halogens is 3. The highest BCUT2D eigenvalue weighted by Crippen LogP contribution is 2.63. The van der Waals surface area contributed by atoms with Gasteiger partial charge in [0, 0.05) is 22.0 Å². The van der Waals surface area contributed by atoms with Crippen LogP contribution in [0.3, 0.4) is 0 Å². The van der Waals surface area contributed by atoms with Crippen LogP contribution in [0.5, 0.6) is 5.75 Å². The summed E-state index contributed by atoms with van der Waals surface area (Å²) in [6.45, 7) is 0.233. The predicted molar refractivity (Wildman–Crippen MR) is 109 cm³/mol. The standard InChI is InChI=1S/C15H16BrF2N2O7PS2/c1-30(25,26)20-3-2-8(6-20)27-10-5-7(14(19)21)4-9-11(16)13(29-12(9)10)15(17,18)28(22,23)24/h4-5,8H,2-3,6H2,1H3,(H2,19,21)(H2,22,23,24). The maximum absolute atomic E-state index is 14.4. The Morgan fingerprint density at radius 1 is 1.43 bits per heavy atom. The van der Waals surface area contributed by atoms with Crippen molar-refractivity contribution in [2.24, 2.45) is 5.73 Å². The number of carbonyl (C=O) groups is 1. The van der Waals surface area contributed by atoms with E-state index in [4.69, 9.17) is 20.3 Å². The van der Waals surface area contributed by atoms with Gasteiger partial charge in [0.1, 0.15) is 16.7 Å². The van der Waals surface area contributed by atoms with Gasteiger partial charge in [-0.1, -0.05) is 0 Å². The van der Waals surface area contributed by atoms with Crippen molar-refractivity contribution in [3.05, 3.63) is 27.0 Å². The second-order valence-electron chi connectivity index (χ2n) is 6.70. The number of benzene rings is 1. The lowest BCUT2D eigenvalue weighted by molar-refractivity contribution is 0.0595. The molecule has 2 heterocycles. The first-order valence-corrected chi connectivity index (χ1v) is 13.3. The van der Waals surface area contributed by atoms with Gasteiger partial charge in [-0.05, 0) is 34.5 Å². The average Bonchev–Trinajstić information content (AvgIpc) is 3.19. The maximum Gasteiger partial charge on any atom is 0.400 e. The van der Waals surface area contributed by atoms with Crippen molar-refractivity contribution in [2.45, 2.75) is 18.2 Å². The summed E-state index contributed by atoms with van der Waals surface area (Å²) in [5.74, 6) is -0.882. The summed E-state index contributed by atoms with van der Waals surface area (Å²) in [7, 11) is -9.28. The number of primary amides is 1. The fourth-order valence-electron chi connectivity index (χ4n) is 2.97. The first-order valence-electron chi connectivity index (χ1n) is 8.24. The molecule has 15 heteroatoms. The van der Waals surface area contributed by atoms with Gasteiger partial charge in [-0.25, -0.2) is 8.42 Å². The van der Waals surface area contributed by atoms with Crippen molar-refractivity contribution in [3.8, 4) is 5.75 Å². The Balaban J connectivity index is 2.11. The molecule has 2 aromatic rings. The second kappa shape index (κ2) is 7.76. The molecule has 1 unspecified atom stereocenters. The minimum Gasteiger partial charge on any atom is -0.487 e. The number of thiophene rings is 1. The molecule has 3 rings (SSSR count). The Labute approximate surface area is 182 Å². The average molecular weight is 549 g/mol. The molecular weight excluding hydrogens is 533 g/mol. The van der Waals surface area contributed by atoms with E-state index in [9.17, 15) is 26.6 Å². The second-order valence-corrected chi connectivity index (χ2v) is 12.1. The van der Waals surface area contributed by atoms with Crippen LogP contribution in [-0.4, -0.2) is 53.9 Å². The van der Waals surface area contributed by atoms with Crippen molar-refractivity contribution >= 4 is 60.9 Å². The molecule has 0 saturated carbocycles. The summed E-state index contributed by atoms with van der Waals surface area (Å²) >= 11 is 3.33. The van der Waals surface area contributed by atoms with E-state index in [-0.39, 0.29) is 39.0 Å². The zero-order chi connectivity index (χ0) is 22.6. The van der Waals surface area contributed by atoms with Gasteiger partial charge in [0.2, 0.25) is 15.9 Å². The van der Waals surface area contributed by atoms with Crippen LogP contribution in [0, 0.1) is 0 Å². The molecular formula is C15H16BrF2N2O7PS2.